The van der Waals surface area contributed by atoms with Crippen LogP contribution in [0.15, 0.2) is 0 Å². The summed E-state index contributed by atoms with van der Waals surface area (Å²) in [6.07, 6.45) is 4.46. The third kappa shape index (κ3) is 155. The van der Waals surface area contributed by atoms with Crippen molar-refractivity contribution in [3.8, 4) is 0 Å². The van der Waals surface area contributed by atoms with E-state index in [0.29, 0.717) is 0 Å². The van der Waals surface area contributed by atoms with Gasteiger partial charge in [0.05, 0.1) is 0 Å². The van der Waals surface area contributed by atoms with E-state index in [2.05, 4.69) is 6.92 Å². The molecule has 0 aromatic heterocycles. The van der Waals surface area contributed by atoms with Crippen LogP contribution < -0.4 is 0 Å². The fourth-order valence-corrected chi connectivity index (χ4v) is 0.612. The summed E-state index contributed by atoms with van der Waals surface area (Å²) >= 11 is 0. The molecule has 1 saturated carbocycles. The molecular formula is C5H11B3F12K-3. The van der Waals surface area contributed by atoms with Crippen molar-refractivity contribution in [1.29, 1.82) is 0 Å². The van der Waals surface area contributed by atoms with Crippen molar-refractivity contribution in [2.75, 3.05) is 0 Å². The zero-order valence-corrected chi connectivity index (χ0v) is 9.97. The Kier molecular flexibility index (Phi) is 19.1. The summed E-state index contributed by atoms with van der Waals surface area (Å²) in [5.74, 6) is 1.06. The summed E-state index contributed by atoms with van der Waals surface area (Å²) in [7, 11) is -18.0. The molecule has 0 aromatic rings. The summed E-state index contributed by atoms with van der Waals surface area (Å²) < 4.78 is 117. The molecule has 21 heavy (non-hydrogen) atoms. The van der Waals surface area contributed by atoms with Crippen LogP contribution in [0.4, 0.5) is 51.8 Å². The van der Waals surface area contributed by atoms with E-state index < -0.39 is 21.8 Å². The van der Waals surface area contributed by atoms with Crippen LogP contribution >= 0.6 is 0 Å². The monoisotopic (exact) mass is 371 g/mol. The second-order valence-corrected chi connectivity index (χ2v) is 3.52. The van der Waals surface area contributed by atoms with Gasteiger partial charge >= 0.3 is 73.1 Å². The Morgan fingerprint density at radius 3 is 0.667 bits per heavy atom. The van der Waals surface area contributed by atoms with Crippen LogP contribution in [0.25, 0.3) is 0 Å². The third-order valence-corrected chi connectivity index (χ3v) is 1.39. The van der Waals surface area contributed by atoms with E-state index in [9.17, 15) is 51.8 Å². The molecule has 0 spiro atoms. The summed E-state index contributed by atoms with van der Waals surface area (Å²) in [4.78, 5) is 0. The van der Waals surface area contributed by atoms with E-state index in [1.807, 2.05) is 0 Å². The van der Waals surface area contributed by atoms with Gasteiger partial charge < -0.3 is 51.8 Å². The van der Waals surface area contributed by atoms with Gasteiger partial charge in [-0.1, -0.05) is 26.2 Å². The minimum absolute atomic E-state index is 0. The van der Waals surface area contributed by atoms with Crippen LogP contribution in [0.2, 0.25) is 0 Å². The van der Waals surface area contributed by atoms with Gasteiger partial charge in [0.15, 0.2) is 0 Å². The van der Waals surface area contributed by atoms with E-state index in [4.69, 9.17) is 0 Å². The topological polar surface area (TPSA) is 0 Å². The van der Waals surface area contributed by atoms with Crippen LogP contribution in [-0.2, 0) is 0 Å². The molecule has 1 fully saturated rings. The maximum absolute atomic E-state index is 9.75. The van der Waals surface area contributed by atoms with Gasteiger partial charge in [-0.3, -0.25) is 0 Å². The predicted molar refractivity (Wildman–Crippen MR) is 60.7 cm³/mol. The number of hydrogen-bond acceptors (Lipinski definition) is 0. The molecule has 0 aliphatic heterocycles. The average molecular weight is 371 g/mol. The molecule has 0 amide bonds. The molecule has 1 aliphatic carbocycles. The summed E-state index contributed by atoms with van der Waals surface area (Å²) in [6.45, 7) is 2.31. The molecule has 1 aliphatic rings. The quantitative estimate of drug-likeness (QED) is 0.413. The van der Waals surface area contributed by atoms with E-state index in [-0.39, 0.29) is 51.4 Å². The van der Waals surface area contributed by atoms with Gasteiger partial charge in [-0.15, -0.1) is 0 Å². The van der Waals surface area contributed by atoms with Crippen LogP contribution in [0.3, 0.4) is 0 Å². The van der Waals surface area contributed by atoms with Gasteiger partial charge in [-0.25, -0.2) is 0 Å². The Balaban J connectivity index is -0.0000000903. The van der Waals surface area contributed by atoms with Gasteiger partial charge in [-0.05, 0) is 5.92 Å². The molecule has 0 aromatic carbocycles. The fourth-order valence-electron chi connectivity index (χ4n) is 0.612. The molecule has 0 bridgehead atoms. The fraction of sp³-hybridized carbons (Fsp3) is 1.00. The van der Waals surface area contributed by atoms with Crippen LogP contribution in [0.5, 0.6) is 0 Å². The SMILES string of the molecule is CC1CCC1.F[B-](F)(F)F.F[B-](F)(F)F.F[B-](F)(F)F.[KH]. The second kappa shape index (κ2) is 13.4. The molecule has 0 atom stereocenters. The Labute approximate surface area is 156 Å². The van der Waals surface area contributed by atoms with Gasteiger partial charge in [0.25, 0.3) is 0 Å². The molecule has 16 heteroatoms. The molecule has 0 nitrogen and oxygen atoms in total. The molecule has 0 N–H and O–H groups in total. The molecule has 0 saturated heterocycles. The van der Waals surface area contributed by atoms with Crippen LogP contribution in [-0.4, -0.2) is 73.1 Å². The Hall–Kier alpha value is 0.991. The van der Waals surface area contributed by atoms with Crippen molar-refractivity contribution in [2.24, 2.45) is 5.92 Å². The average Bonchev–Trinajstić information content (AvgIpc) is 1.89. The normalized spacial score (nSPS) is 14.7. The first-order valence-corrected chi connectivity index (χ1v) is 5.01. The Bertz CT molecular complexity index is 174. The van der Waals surface area contributed by atoms with Crippen molar-refractivity contribution in [1.82, 2.24) is 0 Å². The minimum atomic E-state index is -6.00. The molecule has 1 rings (SSSR count). The number of hydrogen-bond donors (Lipinski definition) is 0. The van der Waals surface area contributed by atoms with Gasteiger partial charge in [0, 0.05) is 0 Å². The zero-order chi connectivity index (χ0) is 17.2. The van der Waals surface area contributed by atoms with E-state index in [1.54, 1.807) is 0 Å². The van der Waals surface area contributed by atoms with E-state index >= 15 is 0 Å². The molecule has 0 unspecified atom stereocenters. The van der Waals surface area contributed by atoms with Crippen LogP contribution in [0, 0.1) is 5.92 Å². The van der Waals surface area contributed by atoms with Crippen molar-refractivity contribution >= 4 is 73.1 Å². The Morgan fingerprint density at radius 2 is 0.667 bits per heavy atom. The predicted octanol–water partition coefficient (Wildman–Crippen LogP) is 5.06. The second-order valence-electron chi connectivity index (χ2n) is 3.52. The van der Waals surface area contributed by atoms with Gasteiger partial charge in [-0.2, -0.15) is 0 Å². The van der Waals surface area contributed by atoms with E-state index in [0.717, 1.165) is 5.92 Å². The zero-order valence-electron chi connectivity index (χ0n) is 9.97. The first-order valence-electron chi connectivity index (χ1n) is 5.01. The Morgan fingerprint density at radius 1 is 0.571 bits per heavy atom. The van der Waals surface area contributed by atoms with Crippen molar-refractivity contribution in [2.45, 2.75) is 26.2 Å². The van der Waals surface area contributed by atoms with Crippen molar-refractivity contribution in [3.05, 3.63) is 0 Å². The first kappa shape index (κ1) is 29.9. The standard InChI is InChI=1S/C5H10.3BF4.K.H/c1-5-3-2-4-5;3*2-1(3,4)5;;/h5H,2-4H2,1H3;;;;;/q;3*-1;;. The molecular weight excluding hydrogens is 360 g/mol. The maximum atomic E-state index is 9.75. The molecule has 0 heterocycles. The summed E-state index contributed by atoms with van der Waals surface area (Å²) in [5.41, 5.74) is 0. The molecule has 0 radical (unpaired) electrons. The van der Waals surface area contributed by atoms with E-state index in [1.165, 1.54) is 19.3 Å². The van der Waals surface area contributed by atoms with Crippen molar-refractivity contribution in [3.63, 3.8) is 0 Å². The van der Waals surface area contributed by atoms with Gasteiger partial charge in [0.2, 0.25) is 0 Å². The van der Waals surface area contributed by atoms with Gasteiger partial charge in [0.1, 0.15) is 0 Å². The summed E-state index contributed by atoms with van der Waals surface area (Å²) in [5, 5.41) is 0. The van der Waals surface area contributed by atoms with Crippen LogP contribution in [0.1, 0.15) is 26.2 Å². The first-order chi connectivity index (χ1) is 8.39. The van der Waals surface area contributed by atoms with Crippen molar-refractivity contribution < 1.29 is 51.8 Å². The number of rotatable bonds is 0. The number of halogens is 12. The molecule has 128 valence electrons. The third-order valence-electron chi connectivity index (χ3n) is 1.39. The summed E-state index contributed by atoms with van der Waals surface area (Å²) in [6, 6.07) is 0.